The van der Waals surface area contributed by atoms with Crippen molar-refractivity contribution in [2.75, 3.05) is 38.5 Å². The Morgan fingerprint density at radius 1 is 1.08 bits per heavy atom. The van der Waals surface area contributed by atoms with E-state index in [1.165, 1.54) is 51.1 Å². The highest BCUT2D eigenvalue weighted by Crippen LogP contribution is 2.27. The highest BCUT2D eigenvalue weighted by Gasteiger charge is 2.27. The van der Waals surface area contributed by atoms with E-state index < -0.39 is 40.1 Å². The topological polar surface area (TPSA) is 153 Å². The number of rotatable bonds is 19. The molecule has 2 aromatic rings. The largest absolute Gasteiger partial charge is 0.354 e. The smallest absolute Gasteiger partial charge is 0.303 e. The van der Waals surface area contributed by atoms with Crippen molar-refractivity contribution in [2.45, 2.75) is 64.6 Å². The lowest BCUT2D eigenvalue weighted by atomic mass is 10.0. The third kappa shape index (κ3) is 11.5. The molecule has 3 atom stereocenters. The Kier molecular flexibility index (Phi) is 14.6. The molecule has 0 saturated heterocycles. The summed E-state index contributed by atoms with van der Waals surface area (Å²) in [7, 11) is 0.229. The second-order valence-corrected chi connectivity index (χ2v) is 15.2. The number of anilines is 1. The number of hydrogen-bond acceptors (Lipinski definition) is 8. The first kappa shape index (κ1) is 38.7. The highest BCUT2D eigenvalue weighted by molar-refractivity contribution is 8.04. The maximum absolute atomic E-state index is 13.9. The summed E-state index contributed by atoms with van der Waals surface area (Å²) in [4.78, 5) is 44.5. The van der Waals surface area contributed by atoms with Crippen LogP contribution in [0.15, 0.2) is 65.6 Å². The van der Waals surface area contributed by atoms with Crippen molar-refractivity contribution in [2.24, 2.45) is 5.92 Å². The molecular weight excluding hydrogens is 651 g/mol. The zero-order valence-electron chi connectivity index (χ0n) is 28.7. The van der Waals surface area contributed by atoms with Crippen LogP contribution in [0, 0.1) is 5.92 Å². The van der Waals surface area contributed by atoms with E-state index in [1.54, 1.807) is 30.7 Å². The van der Waals surface area contributed by atoms with Crippen LogP contribution in [-0.2, 0) is 15.0 Å². The summed E-state index contributed by atoms with van der Waals surface area (Å²) < 4.78 is 28.2. The van der Waals surface area contributed by atoms with E-state index >= 15 is 0 Å². The zero-order chi connectivity index (χ0) is 35.4. The van der Waals surface area contributed by atoms with Gasteiger partial charge in [0, 0.05) is 57.6 Å². The SMILES string of the molecule is C=CS/C=C(\C)C[C@@H](CN[C@@H](CC)C(=O)NCC1CC1)NC(=O)c1cc(C(=O)NC(C)c2ccccn2)cc(N(C)S(=O)(=O)N(C)C)c1. The number of hydrogen-bond donors (Lipinski definition) is 4. The number of thioether (sulfide) groups is 1. The Morgan fingerprint density at radius 2 is 1.75 bits per heavy atom. The van der Waals surface area contributed by atoms with E-state index in [9.17, 15) is 22.8 Å². The number of aromatic nitrogens is 1. The average molecular weight is 700 g/mol. The van der Waals surface area contributed by atoms with Crippen LogP contribution in [0.3, 0.4) is 0 Å². The van der Waals surface area contributed by atoms with Gasteiger partial charge < -0.3 is 21.3 Å². The molecule has 1 aliphatic rings. The molecule has 48 heavy (non-hydrogen) atoms. The van der Waals surface area contributed by atoms with Crippen LogP contribution in [0.25, 0.3) is 0 Å². The van der Waals surface area contributed by atoms with Crippen molar-refractivity contribution in [3.63, 3.8) is 0 Å². The molecule has 0 bridgehead atoms. The van der Waals surface area contributed by atoms with Crippen molar-refractivity contribution in [1.82, 2.24) is 30.6 Å². The predicted molar refractivity (Wildman–Crippen MR) is 193 cm³/mol. The molecule has 14 heteroatoms. The number of nitrogens with zero attached hydrogens (tertiary/aromatic N) is 3. The van der Waals surface area contributed by atoms with Crippen LogP contribution in [0.5, 0.6) is 0 Å². The van der Waals surface area contributed by atoms with Gasteiger partial charge in [0.25, 0.3) is 11.8 Å². The molecule has 0 aliphatic heterocycles. The van der Waals surface area contributed by atoms with Crippen LogP contribution in [-0.4, -0.2) is 81.7 Å². The fourth-order valence-electron chi connectivity index (χ4n) is 4.86. The van der Waals surface area contributed by atoms with Crippen LogP contribution < -0.4 is 25.6 Å². The summed E-state index contributed by atoms with van der Waals surface area (Å²) in [5.41, 5.74) is 1.98. The van der Waals surface area contributed by atoms with Crippen molar-refractivity contribution in [3.8, 4) is 0 Å². The molecule has 1 aromatic carbocycles. The molecule has 0 radical (unpaired) electrons. The molecule has 1 fully saturated rings. The number of amides is 3. The fourth-order valence-corrected chi connectivity index (χ4v) is 6.15. The molecule has 1 aliphatic carbocycles. The summed E-state index contributed by atoms with van der Waals surface area (Å²) >= 11 is 1.43. The summed E-state index contributed by atoms with van der Waals surface area (Å²) in [5, 5.41) is 15.9. The molecule has 12 nitrogen and oxygen atoms in total. The van der Waals surface area contributed by atoms with E-state index in [4.69, 9.17) is 0 Å². The maximum atomic E-state index is 13.9. The van der Waals surface area contributed by atoms with Gasteiger partial charge in [-0.15, -0.1) is 11.8 Å². The number of pyridine rings is 1. The van der Waals surface area contributed by atoms with Crippen molar-refractivity contribution in [3.05, 3.63) is 82.4 Å². The molecule has 1 heterocycles. The van der Waals surface area contributed by atoms with Gasteiger partial charge in [-0.1, -0.05) is 25.1 Å². The van der Waals surface area contributed by atoms with Crippen LogP contribution in [0.4, 0.5) is 5.69 Å². The number of carbonyl (C=O) groups excluding carboxylic acids is 3. The molecule has 1 aromatic heterocycles. The average Bonchev–Trinajstić information content (AvgIpc) is 3.91. The van der Waals surface area contributed by atoms with E-state index in [1.807, 2.05) is 25.3 Å². The minimum atomic E-state index is -3.94. The lowest BCUT2D eigenvalue weighted by Crippen LogP contribution is -2.50. The first-order valence-corrected chi connectivity index (χ1v) is 18.4. The van der Waals surface area contributed by atoms with Gasteiger partial charge in [0.15, 0.2) is 0 Å². The Morgan fingerprint density at radius 3 is 2.31 bits per heavy atom. The van der Waals surface area contributed by atoms with Gasteiger partial charge in [-0.3, -0.25) is 23.7 Å². The van der Waals surface area contributed by atoms with Crippen LogP contribution >= 0.6 is 11.8 Å². The van der Waals surface area contributed by atoms with Gasteiger partial charge in [-0.25, -0.2) is 0 Å². The van der Waals surface area contributed by atoms with Crippen molar-refractivity contribution >= 4 is 45.4 Å². The third-order valence-electron chi connectivity index (χ3n) is 7.96. The first-order valence-electron chi connectivity index (χ1n) is 16.0. The number of nitrogens with one attached hydrogen (secondary N) is 4. The lowest BCUT2D eigenvalue weighted by Gasteiger charge is -2.25. The molecule has 1 unspecified atom stereocenters. The van der Waals surface area contributed by atoms with Crippen LogP contribution in [0.1, 0.15) is 78.9 Å². The molecule has 4 N–H and O–H groups in total. The summed E-state index contributed by atoms with van der Waals surface area (Å²) in [6.07, 6.45) is 4.95. The Labute approximate surface area is 289 Å². The van der Waals surface area contributed by atoms with Gasteiger partial charge in [-0.2, -0.15) is 12.7 Å². The summed E-state index contributed by atoms with van der Waals surface area (Å²) in [6.45, 7) is 10.4. The first-order chi connectivity index (χ1) is 22.8. The predicted octanol–water partition coefficient (Wildman–Crippen LogP) is 3.98. The molecule has 3 amide bonds. The lowest BCUT2D eigenvalue weighted by molar-refractivity contribution is -0.123. The minimum Gasteiger partial charge on any atom is -0.354 e. The minimum absolute atomic E-state index is 0.0719. The highest BCUT2D eigenvalue weighted by atomic mass is 32.2. The van der Waals surface area contributed by atoms with E-state index in [0.717, 1.165) is 27.0 Å². The van der Waals surface area contributed by atoms with Crippen molar-refractivity contribution < 1.29 is 22.8 Å². The molecule has 262 valence electrons. The second-order valence-electron chi connectivity index (χ2n) is 12.2. The third-order valence-corrected chi connectivity index (χ3v) is 10.5. The Balaban J connectivity index is 1.90. The number of benzene rings is 1. The standard InChI is InChI=1S/C34H49N7O5S2/c1-8-30(34(44)37-20-25-13-14-25)36-21-28(16-23(3)22-47-9-2)39-33(43)27-17-26(18-29(19-27)41(7)48(45,46)40(5)6)32(42)38-24(4)31-12-10-11-15-35-31/h9-12,15,17-19,22,24-25,28,30,36H,2,8,13-14,16,20-21H2,1,3-7H3,(H,37,44)(H,38,42)(H,39,43)/b23-22+/t24?,28-,30-/m0/s1. The molecule has 0 spiro atoms. The van der Waals surface area contributed by atoms with Gasteiger partial charge in [0.05, 0.1) is 23.5 Å². The zero-order valence-corrected chi connectivity index (χ0v) is 30.3. The van der Waals surface area contributed by atoms with E-state index in [2.05, 4.69) is 32.8 Å². The van der Waals surface area contributed by atoms with E-state index in [0.29, 0.717) is 37.5 Å². The number of carbonyl (C=O) groups is 3. The van der Waals surface area contributed by atoms with Crippen LogP contribution in [0.2, 0.25) is 0 Å². The maximum Gasteiger partial charge on any atom is 0.303 e. The quantitative estimate of drug-likeness (QED) is 0.172. The normalized spacial score (nSPS) is 15.3. The van der Waals surface area contributed by atoms with Gasteiger partial charge in [0.1, 0.15) is 0 Å². The Bertz CT molecular complexity index is 1560. The second kappa shape index (κ2) is 18.2. The Hall–Kier alpha value is -3.72. The van der Waals surface area contributed by atoms with Gasteiger partial charge in [-0.05, 0) is 86.6 Å². The van der Waals surface area contributed by atoms with Gasteiger partial charge in [0.2, 0.25) is 5.91 Å². The summed E-state index contributed by atoms with van der Waals surface area (Å²) in [6, 6.07) is 8.38. The summed E-state index contributed by atoms with van der Waals surface area (Å²) in [5.74, 6) is -0.513. The molecular formula is C34H49N7O5S2. The van der Waals surface area contributed by atoms with E-state index in [-0.39, 0.29) is 22.7 Å². The monoisotopic (exact) mass is 699 g/mol. The fraction of sp³-hybridized carbons (Fsp3) is 0.471. The molecule has 1 saturated carbocycles. The van der Waals surface area contributed by atoms with Gasteiger partial charge >= 0.3 is 10.2 Å². The molecule has 3 rings (SSSR count). The van der Waals surface area contributed by atoms with Crippen molar-refractivity contribution in [1.29, 1.82) is 0 Å².